The molecule has 7 heteroatoms. The lowest BCUT2D eigenvalue weighted by atomic mass is 10.1. The Morgan fingerprint density at radius 1 is 1.04 bits per heavy atom. The van der Waals surface area contributed by atoms with Gasteiger partial charge in [-0.25, -0.2) is 4.79 Å². The fourth-order valence-corrected chi connectivity index (χ4v) is 2.80. The van der Waals surface area contributed by atoms with Crippen molar-refractivity contribution in [3.8, 4) is 11.5 Å². The van der Waals surface area contributed by atoms with E-state index < -0.39 is 12.1 Å². The predicted octanol–water partition coefficient (Wildman–Crippen LogP) is 4.60. The summed E-state index contributed by atoms with van der Waals surface area (Å²) in [6.45, 7) is 0. The molecule has 0 radical (unpaired) electrons. The van der Waals surface area contributed by atoms with E-state index >= 15 is 0 Å². The van der Waals surface area contributed by atoms with Gasteiger partial charge < -0.3 is 19.5 Å². The first-order chi connectivity index (χ1) is 12.0. The molecular weight excluding hydrogens is 365 g/mol. The monoisotopic (exact) mass is 379 g/mol. The molecule has 1 aliphatic rings. The van der Waals surface area contributed by atoms with Gasteiger partial charge in [0.05, 0.1) is 24.9 Å². The van der Waals surface area contributed by atoms with Gasteiger partial charge >= 0.3 is 5.97 Å². The Balaban J connectivity index is 1.88. The summed E-state index contributed by atoms with van der Waals surface area (Å²) in [5.74, 6) is 0.483. The van der Waals surface area contributed by atoms with Crippen LogP contribution in [0.25, 0.3) is 0 Å². The molecule has 0 aromatic heterocycles. The molecule has 0 saturated heterocycles. The highest BCUT2D eigenvalue weighted by atomic mass is 35.5. The maximum atomic E-state index is 12.2. The van der Waals surface area contributed by atoms with Crippen molar-refractivity contribution < 1.29 is 19.0 Å². The van der Waals surface area contributed by atoms with Crippen molar-refractivity contribution in [2.75, 3.05) is 19.5 Å². The average Bonchev–Trinajstić information content (AvgIpc) is 2.97. The normalized spacial score (nSPS) is 16.2. The number of rotatable bonds is 5. The summed E-state index contributed by atoms with van der Waals surface area (Å²) >= 11 is 12.0. The number of halogens is 2. The van der Waals surface area contributed by atoms with Crippen LogP contribution in [-0.2, 0) is 9.53 Å². The molecule has 1 N–H and O–H groups in total. The molecular formula is C18H15Cl2NO4. The van der Waals surface area contributed by atoms with E-state index in [4.69, 9.17) is 37.4 Å². The van der Waals surface area contributed by atoms with Crippen LogP contribution in [-0.4, -0.2) is 20.2 Å². The van der Waals surface area contributed by atoms with E-state index in [9.17, 15) is 4.79 Å². The van der Waals surface area contributed by atoms with Crippen LogP contribution in [0.1, 0.15) is 11.7 Å². The zero-order valence-corrected chi connectivity index (χ0v) is 15.0. The molecule has 25 heavy (non-hydrogen) atoms. The zero-order chi connectivity index (χ0) is 18.0. The standard InChI is InChI=1S/C18H15Cl2NO4/c1-23-16-8-13(17(24-2)7-12(16)20)21-14-9-15(25-18(14)22)10-3-5-11(19)6-4-10/h3-9,15,21H,1-2H3. The van der Waals surface area contributed by atoms with Crippen molar-refractivity contribution in [1.29, 1.82) is 0 Å². The topological polar surface area (TPSA) is 56.8 Å². The van der Waals surface area contributed by atoms with Gasteiger partial charge in [0.25, 0.3) is 0 Å². The number of carbonyl (C=O) groups excluding carboxylic acids is 1. The Kier molecular flexibility index (Phi) is 5.06. The predicted molar refractivity (Wildman–Crippen MR) is 96.5 cm³/mol. The number of ether oxygens (including phenoxy) is 3. The average molecular weight is 380 g/mol. The van der Waals surface area contributed by atoms with Crippen LogP contribution in [0, 0.1) is 0 Å². The van der Waals surface area contributed by atoms with Crippen LogP contribution in [0.3, 0.4) is 0 Å². The molecule has 1 aliphatic heterocycles. The maximum absolute atomic E-state index is 12.2. The molecule has 0 amide bonds. The Hall–Kier alpha value is -2.37. The van der Waals surface area contributed by atoms with Crippen molar-refractivity contribution >= 4 is 34.9 Å². The largest absolute Gasteiger partial charge is 0.495 e. The van der Waals surface area contributed by atoms with E-state index in [1.807, 2.05) is 12.1 Å². The second-order valence-electron chi connectivity index (χ2n) is 5.27. The summed E-state index contributed by atoms with van der Waals surface area (Å²) in [6.07, 6.45) is 1.22. The number of carbonyl (C=O) groups is 1. The van der Waals surface area contributed by atoms with Crippen molar-refractivity contribution in [2.24, 2.45) is 0 Å². The first-order valence-electron chi connectivity index (χ1n) is 7.38. The van der Waals surface area contributed by atoms with Crippen molar-refractivity contribution in [3.05, 3.63) is 63.8 Å². The molecule has 2 aromatic rings. The highest BCUT2D eigenvalue weighted by Crippen LogP contribution is 2.38. The summed E-state index contributed by atoms with van der Waals surface area (Å²) in [6, 6.07) is 10.4. The van der Waals surface area contributed by atoms with Crippen molar-refractivity contribution in [2.45, 2.75) is 6.10 Å². The highest BCUT2D eigenvalue weighted by molar-refractivity contribution is 6.32. The molecule has 1 heterocycles. The number of anilines is 1. The number of methoxy groups -OCH3 is 2. The van der Waals surface area contributed by atoms with Gasteiger partial charge in [-0.1, -0.05) is 35.3 Å². The van der Waals surface area contributed by atoms with Crippen LogP contribution < -0.4 is 14.8 Å². The van der Waals surface area contributed by atoms with E-state index in [-0.39, 0.29) is 0 Å². The quantitative estimate of drug-likeness (QED) is 0.768. The summed E-state index contributed by atoms with van der Waals surface area (Å²) in [7, 11) is 3.03. The SMILES string of the molecule is COc1cc(NC2=CC(c3ccc(Cl)cc3)OC2=O)c(OC)cc1Cl. The minimum absolute atomic E-state index is 0.308. The molecule has 0 spiro atoms. The number of hydrogen-bond donors (Lipinski definition) is 1. The van der Waals surface area contributed by atoms with E-state index in [2.05, 4.69) is 5.32 Å². The van der Waals surface area contributed by atoms with E-state index in [0.717, 1.165) is 5.56 Å². The molecule has 1 atom stereocenters. The molecule has 0 aliphatic carbocycles. The van der Waals surface area contributed by atoms with Gasteiger partial charge in [0.15, 0.2) is 0 Å². The highest BCUT2D eigenvalue weighted by Gasteiger charge is 2.27. The lowest BCUT2D eigenvalue weighted by Gasteiger charge is -2.13. The molecule has 0 saturated carbocycles. The Labute approximate surface area is 155 Å². The van der Waals surface area contributed by atoms with Crippen LogP contribution in [0.5, 0.6) is 11.5 Å². The van der Waals surface area contributed by atoms with Gasteiger partial charge in [0.1, 0.15) is 23.3 Å². The minimum atomic E-state index is -0.479. The number of benzene rings is 2. The minimum Gasteiger partial charge on any atom is -0.495 e. The van der Waals surface area contributed by atoms with Crippen LogP contribution >= 0.6 is 23.2 Å². The molecule has 5 nitrogen and oxygen atoms in total. The van der Waals surface area contributed by atoms with Crippen molar-refractivity contribution in [1.82, 2.24) is 0 Å². The lowest BCUT2D eigenvalue weighted by Crippen LogP contribution is -2.09. The van der Waals surface area contributed by atoms with Gasteiger partial charge in [0.2, 0.25) is 0 Å². The van der Waals surface area contributed by atoms with E-state index in [0.29, 0.717) is 32.9 Å². The van der Waals surface area contributed by atoms with Crippen LogP contribution in [0.4, 0.5) is 5.69 Å². The Morgan fingerprint density at radius 2 is 1.72 bits per heavy atom. The van der Waals surface area contributed by atoms with Gasteiger partial charge in [-0.05, 0) is 23.8 Å². The number of esters is 1. The van der Waals surface area contributed by atoms with Gasteiger partial charge in [0, 0.05) is 17.2 Å². The lowest BCUT2D eigenvalue weighted by molar-refractivity contribution is -0.139. The summed E-state index contributed by atoms with van der Waals surface area (Å²) in [5, 5.41) is 4.05. The van der Waals surface area contributed by atoms with Crippen molar-refractivity contribution in [3.63, 3.8) is 0 Å². The number of nitrogens with one attached hydrogen (secondary N) is 1. The third kappa shape index (κ3) is 3.67. The molecule has 0 fully saturated rings. The summed E-state index contributed by atoms with van der Waals surface area (Å²) in [5.41, 5.74) is 1.68. The Morgan fingerprint density at radius 3 is 2.36 bits per heavy atom. The molecule has 1 unspecified atom stereocenters. The van der Waals surface area contributed by atoms with Gasteiger partial charge in [-0.2, -0.15) is 0 Å². The second kappa shape index (κ2) is 7.25. The smallest absolute Gasteiger partial charge is 0.355 e. The molecule has 3 rings (SSSR count). The second-order valence-corrected chi connectivity index (χ2v) is 6.11. The molecule has 2 aromatic carbocycles. The molecule has 0 bridgehead atoms. The van der Waals surface area contributed by atoms with E-state index in [1.54, 1.807) is 30.3 Å². The van der Waals surface area contributed by atoms with E-state index in [1.165, 1.54) is 14.2 Å². The summed E-state index contributed by atoms with van der Waals surface area (Å²) < 4.78 is 15.9. The number of cyclic esters (lactones) is 1. The first-order valence-corrected chi connectivity index (χ1v) is 8.14. The van der Waals surface area contributed by atoms with Crippen LogP contribution in [0.2, 0.25) is 10.0 Å². The first kappa shape index (κ1) is 17.5. The summed E-state index contributed by atoms with van der Waals surface area (Å²) in [4.78, 5) is 12.2. The Bertz CT molecular complexity index is 834. The third-order valence-corrected chi connectivity index (χ3v) is 4.26. The molecule has 130 valence electrons. The third-order valence-electron chi connectivity index (χ3n) is 3.71. The number of hydrogen-bond acceptors (Lipinski definition) is 5. The van der Waals surface area contributed by atoms with Gasteiger partial charge in [-0.15, -0.1) is 0 Å². The maximum Gasteiger partial charge on any atom is 0.355 e. The fourth-order valence-electron chi connectivity index (χ4n) is 2.44. The fraction of sp³-hybridized carbons (Fsp3) is 0.167. The van der Waals surface area contributed by atoms with Crippen LogP contribution in [0.15, 0.2) is 48.2 Å². The van der Waals surface area contributed by atoms with Gasteiger partial charge in [-0.3, -0.25) is 0 Å². The zero-order valence-electron chi connectivity index (χ0n) is 13.5.